The molecule has 32 heavy (non-hydrogen) atoms. The number of aromatic nitrogens is 3. The summed E-state index contributed by atoms with van der Waals surface area (Å²) in [6.45, 7) is 2.06. The summed E-state index contributed by atoms with van der Waals surface area (Å²) in [6, 6.07) is 16.7. The van der Waals surface area contributed by atoms with Crippen molar-refractivity contribution in [2.75, 3.05) is 5.32 Å². The van der Waals surface area contributed by atoms with Gasteiger partial charge in [0.2, 0.25) is 0 Å². The van der Waals surface area contributed by atoms with E-state index in [9.17, 15) is 13.2 Å². The van der Waals surface area contributed by atoms with Gasteiger partial charge in [0.05, 0.1) is 17.0 Å². The average molecular weight is 433 g/mol. The number of nitrogens with zero attached hydrogens (tertiary/aromatic N) is 4. The lowest BCUT2D eigenvalue weighted by atomic mass is 10.0. The maximum Gasteiger partial charge on any atom is 0.417 e. The van der Waals surface area contributed by atoms with Crippen LogP contribution in [0.5, 0.6) is 0 Å². The molecule has 8 heteroatoms. The highest BCUT2D eigenvalue weighted by Crippen LogP contribution is 2.37. The lowest BCUT2D eigenvalue weighted by Crippen LogP contribution is -2.14. The molecule has 0 saturated heterocycles. The molecule has 5 nitrogen and oxygen atoms in total. The fraction of sp³-hybridized carbons (Fsp3) is 0.167. The number of halogens is 3. The summed E-state index contributed by atoms with van der Waals surface area (Å²) in [7, 11) is 0. The Balaban J connectivity index is 1.66. The van der Waals surface area contributed by atoms with Crippen molar-refractivity contribution in [3.63, 3.8) is 0 Å². The molecule has 5 rings (SSSR count). The number of alkyl halides is 3. The molecule has 0 aliphatic carbocycles. The van der Waals surface area contributed by atoms with E-state index in [2.05, 4.69) is 27.2 Å². The van der Waals surface area contributed by atoms with E-state index in [0.29, 0.717) is 22.7 Å². The van der Waals surface area contributed by atoms with Crippen molar-refractivity contribution in [2.24, 2.45) is 4.99 Å². The summed E-state index contributed by atoms with van der Waals surface area (Å²) < 4.78 is 40.9. The summed E-state index contributed by atoms with van der Waals surface area (Å²) in [5, 5.41) is 3.85. The second-order valence-electron chi connectivity index (χ2n) is 7.43. The van der Waals surface area contributed by atoms with Gasteiger partial charge in [-0.05, 0) is 30.2 Å². The smallest absolute Gasteiger partial charge is 0.324 e. The number of hydrogen-bond donors (Lipinski definition) is 1. The van der Waals surface area contributed by atoms with E-state index < -0.39 is 11.7 Å². The quantitative estimate of drug-likeness (QED) is 0.428. The van der Waals surface area contributed by atoms with E-state index in [1.807, 2.05) is 24.3 Å². The maximum absolute atomic E-state index is 13.6. The van der Waals surface area contributed by atoms with Gasteiger partial charge < -0.3 is 5.32 Å². The van der Waals surface area contributed by atoms with Crippen molar-refractivity contribution in [3.05, 3.63) is 83.6 Å². The normalized spacial score (nSPS) is 15.5. The molecule has 0 saturated carbocycles. The highest BCUT2D eigenvalue weighted by atomic mass is 19.4. The molecule has 1 aliphatic heterocycles. The fourth-order valence-corrected chi connectivity index (χ4v) is 3.92. The Hall–Kier alpha value is -3.81. The average Bonchev–Trinajstić information content (AvgIpc) is 3.16. The zero-order valence-electron chi connectivity index (χ0n) is 17.1. The second-order valence-corrected chi connectivity index (χ2v) is 7.43. The van der Waals surface area contributed by atoms with Crippen LogP contribution in [0.1, 0.15) is 36.1 Å². The Bertz CT molecular complexity index is 1350. The SMILES string of the molecule is CCC1N=C(Nc2nc(-c3ccccc3C(F)(F)F)nc3ncccc23)c2ccccc21. The van der Waals surface area contributed by atoms with Crippen molar-refractivity contribution in [3.8, 4) is 11.4 Å². The molecule has 0 bridgehead atoms. The van der Waals surface area contributed by atoms with E-state index in [4.69, 9.17) is 4.99 Å². The van der Waals surface area contributed by atoms with Crippen LogP contribution in [-0.2, 0) is 6.18 Å². The minimum atomic E-state index is -4.53. The Morgan fingerprint density at radius 1 is 0.906 bits per heavy atom. The third kappa shape index (κ3) is 3.47. The van der Waals surface area contributed by atoms with Gasteiger partial charge in [-0.25, -0.2) is 15.0 Å². The molecule has 2 aromatic heterocycles. The molecule has 2 aromatic carbocycles. The first kappa shape index (κ1) is 20.1. The molecule has 0 amide bonds. The Morgan fingerprint density at radius 3 is 2.44 bits per heavy atom. The third-order valence-electron chi connectivity index (χ3n) is 5.43. The van der Waals surface area contributed by atoms with E-state index >= 15 is 0 Å². The Labute approximate surface area is 182 Å². The molecule has 160 valence electrons. The number of rotatable bonds is 3. The second kappa shape index (κ2) is 7.71. The standard InChI is InChI=1S/C24H18F3N5/c1-2-19-14-8-3-4-9-15(14)21(29-19)31-23-17-11-7-13-28-20(17)30-22(32-23)16-10-5-6-12-18(16)24(25,26)27/h3-13,19H,2H2,1H3,(H,28,29,30,31,32). The lowest BCUT2D eigenvalue weighted by Gasteiger charge is -2.14. The van der Waals surface area contributed by atoms with Crippen LogP contribution in [0, 0.1) is 0 Å². The number of benzene rings is 2. The molecule has 1 N–H and O–H groups in total. The van der Waals surface area contributed by atoms with Crippen molar-refractivity contribution in [2.45, 2.75) is 25.6 Å². The number of amidine groups is 1. The number of hydrogen-bond acceptors (Lipinski definition) is 5. The predicted octanol–water partition coefficient (Wildman–Crippen LogP) is 6.03. The zero-order valence-corrected chi connectivity index (χ0v) is 17.1. The first-order chi connectivity index (χ1) is 15.5. The molecule has 1 aliphatic rings. The summed E-state index contributed by atoms with van der Waals surface area (Å²) in [5.41, 5.74) is 1.46. The van der Waals surface area contributed by atoms with Crippen LogP contribution < -0.4 is 5.32 Å². The van der Waals surface area contributed by atoms with Gasteiger partial charge in [0.15, 0.2) is 11.5 Å². The fourth-order valence-electron chi connectivity index (χ4n) is 3.92. The van der Waals surface area contributed by atoms with E-state index in [-0.39, 0.29) is 17.4 Å². The van der Waals surface area contributed by atoms with Crippen LogP contribution >= 0.6 is 0 Å². The summed E-state index contributed by atoms with van der Waals surface area (Å²) >= 11 is 0. The van der Waals surface area contributed by atoms with Crippen LogP contribution in [0.2, 0.25) is 0 Å². The molecule has 3 heterocycles. The van der Waals surface area contributed by atoms with Crippen LogP contribution in [0.15, 0.2) is 71.9 Å². The lowest BCUT2D eigenvalue weighted by molar-refractivity contribution is -0.137. The number of nitrogens with one attached hydrogen (secondary N) is 1. The molecule has 0 radical (unpaired) electrons. The molecule has 1 atom stereocenters. The number of anilines is 1. The van der Waals surface area contributed by atoms with Crippen LogP contribution in [0.4, 0.5) is 19.0 Å². The van der Waals surface area contributed by atoms with Gasteiger partial charge in [-0.1, -0.05) is 49.4 Å². The number of fused-ring (bicyclic) bond motifs is 2. The van der Waals surface area contributed by atoms with E-state index in [1.54, 1.807) is 18.3 Å². The highest BCUT2D eigenvalue weighted by molar-refractivity contribution is 6.13. The van der Waals surface area contributed by atoms with Crippen LogP contribution in [0.25, 0.3) is 22.4 Å². The minimum Gasteiger partial charge on any atom is -0.324 e. The Kier molecular flexibility index (Phi) is 4.84. The molecular weight excluding hydrogens is 415 g/mol. The minimum absolute atomic E-state index is 0.0188. The molecule has 1 unspecified atom stereocenters. The zero-order chi connectivity index (χ0) is 22.3. The highest BCUT2D eigenvalue weighted by Gasteiger charge is 2.34. The maximum atomic E-state index is 13.6. The van der Waals surface area contributed by atoms with Crippen molar-refractivity contribution in [1.82, 2.24) is 15.0 Å². The Morgan fingerprint density at radius 2 is 1.66 bits per heavy atom. The van der Waals surface area contributed by atoms with Gasteiger partial charge in [-0.3, -0.25) is 4.99 Å². The van der Waals surface area contributed by atoms with Gasteiger partial charge in [0.25, 0.3) is 0 Å². The van der Waals surface area contributed by atoms with Crippen molar-refractivity contribution >= 4 is 22.7 Å². The van der Waals surface area contributed by atoms with Gasteiger partial charge >= 0.3 is 6.18 Å². The van der Waals surface area contributed by atoms with Crippen LogP contribution in [0.3, 0.4) is 0 Å². The van der Waals surface area contributed by atoms with E-state index in [1.165, 1.54) is 18.2 Å². The van der Waals surface area contributed by atoms with Crippen molar-refractivity contribution in [1.29, 1.82) is 0 Å². The van der Waals surface area contributed by atoms with Crippen molar-refractivity contribution < 1.29 is 13.2 Å². The van der Waals surface area contributed by atoms with Gasteiger partial charge in [-0.2, -0.15) is 13.2 Å². The first-order valence-corrected chi connectivity index (χ1v) is 10.2. The first-order valence-electron chi connectivity index (χ1n) is 10.2. The van der Waals surface area contributed by atoms with E-state index in [0.717, 1.165) is 23.6 Å². The summed E-state index contributed by atoms with van der Waals surface area (Å²) in [5.74, 6) is 0.942. The third-order valence-corrected chi connectivity index (χ3v) is 5.43. The van der Waals surface area contributed by atoms with Gasteiger partial charge in [0.1, 0.15) is 11.7 Å². The molecule has 0 spiro atoms. The summed E-state index contributed by atoms with van der Waals surface area (Å²) in [6.07, 6.45) is -2.15. The molecular formula is C24H18F3N5. The number of pyridine rings is 1. The topological polar surface area (TPSA) is 63.1 Å². The molecule has 4 aromatic rings. The predicted molar refractivity (Wildman–Crippen MR) is 117 cm³/mol. The molecule has 0 fully saturated rings. The number of aliphatic imine (C=N–C) groups is 1. The largest absolute Gasteiger partial charge is 0.417 e. The van der Waals surface area contributed by atoms with Crippen LogP contribution in [-0.4, -0.2) is 20.8 Å². The van der Waals surface area contributed by atoms with Gasteiger partial charge in [0, 0.05) is 17.3 Å². The monoisotopic (exact) mass is 433 g/mol. The summed E-state index contributed by atoms with van der Waals surface area (Å²) in [4.78, 5) is 17.9. The van der Waals surface area contributed by atoms with Gasteiger partial charge in [-0.15, -0.1) is 0 Å².